The Hall–Kier alpha value is -1.03. The number of hydrogen-bond acceptors (Lipinski definition) is 2. The van der Waals surface area contributed by atoms with Gasteiger partial charge in [-0.1, -0.05) is 13.8 Å². The summed E-state index contributed by atoms with van der Waals surface area (Å²) in [5.41, 5.74) is 3.72. The van der Waals surface area contributed by atoms with Crippen LogP contribution in [-0.4, -0.2) is 19.3 Å². The Labute approximate surface area is 118 Å². The molecule has 0 atom stereocenters. The van der Waals surface area contributed by atoms with E-state index >= 15 is 0 Å². The van der Waals surface area contributed by atoms with E-state index in [2.05, 4.69) is 23.5 Å². The minimum atomic E-state index is 0.470. The molecule has 3 rings (SSSR count). The molecule has 2 aromatic heterocycles. The summed E-state index contributed by atoms with van der Waals surface area (Å²) >= 11 is 6.09. The molecule has 1 fully saturated rings. The number of hydrogen-bond donors (Lipinski definition) is 0. The van der Waals surface area contributed by atoms with Gasteiger partial charge in [-0.2, -0.15) is 5.10 Å². The standard InChI is InChI=1S/C14H21ClN4/c1-4-10-12-13(18(3)17-10)19(11(8-15)16-12)9-14(5-2)6-7-14/h4-9H2,1-3H3. The van der Waals surface area contributed by atoms with Gasteiger partial charge in [0.2, 0.25) is 0 Å². The van der Waals surface area contributed by atoms with Crippen LogP contribution >= 0.6 is 11.6 Å². The highest BCUT2D eigenvalue weighted by molar-refractivity contribution is 6.16. The Morgan fingerprint density at radius 1 is 1.32 bits per heavy atom. The highest BCUT2D eigenvalue weighted by atomic mass is 35.5. The van der Waals surface area contributed by atoms with Gasteiger partial charge in [0.05, 0.1) is 11.6 Å². The van der Waals surface area contributed by atoms with E-state index in [4.69, 9.17) is 16.6 Å². The molecule has 104 valence electrons. The van der Waals surface area contributed by atoms with Crippen LogP contribution in [0, 0.1) is 5.41 Å². The molecule has 0 aromatic carbocycles. The highest BCUT2D eigenvalue weighted by Gasteiger charge is 2.42. The minimum Gasteiger partial charge on any atom is -0.311 e. The molecule has 1 aliphatic rings. The van der Waals surface area contributed by atoms with Crippen molar-refractivity contribution in [1.29, 1.82) is 0 Å². The van der Waals surface area contributed by atoms with Crippen LogP contribution in [0.25, 0.3) is 11.2 Å². The topological polar surface area (TPSA) is 35.6 Å². The summed E-state index contributed by atoms with van der Waals surface area (Å²) in [5.74, 6) is 1.46. The summed E-state index contributed by atoms with van der Waals surface area (Å²) in [7, 11) is 2.00. The van der Waals surface area contributed by atoms with Gasteiger partial charge in [0.25, 0.3) is 0 Å². The second-order valence-electron chi connectivity index (χ2n) is 5.70. The molecule has 0 saturated heterocycles. The summed E-state index contributed by atoms with van der Waals surface area (Å²) in [6.07, 6.45) is 4.79. The molecule has 19 heavy (non-hydrogen) atoms. The van der Waals surface area contributed by atoms with Crippen LogP contribution in [0.2, 0.25) is 0 Å². The lowest BCUT2D eigenvalue weighted by Crippen LogP contribution is -2.14. The number of aryl methyl sites for hydroxylation is 2. The molecular weight excluding hydrogens is 260 g/mol. The fourth-order valence-electron chi connectivity index (χ4n) is 2.93. The first-order chi connectivity index (χ1) is 9.14. The van der Waals surface area contributed by atoms with Crippen molar-refractivity contribution >= 4 is 22.8 Å². The Balaban J connectivity index is 2.12. The van der Waals surface area contributed by atoms with Gasteiger partial charge < -0.3 is 4.57 Å². The van der Waals surface area contributed by atoms with Gasteiger partial charge in [0, 0.05) is 13.6 Å². The normalized spacial score (nSPS) is 17.3. The largest absolute Gasteiger partial charge is 0.311 e. The lowest BCUT2D eigenvalue weighted by atomic mass is 10.0. The maximum atomic E-state index is 6.09. The lowest BCUT2D eigenvalue weighted by Gasteiger charge is -2.15. The average Bonchev–Trinajstić information content (AvgIpc) is 3.00. The predicted molar refractivity (Wildman–Crippen MR) is 77.4 cm³/mol. The molecule has 0 aliphatic heterocycles. The molecule has 0 radical (unpaired) electrons. The zero-order valence-electron chi connectivity index (χ0n) is 11.9. The first-order valence-electron chi connectivity index (χ1n) is 7.11. The lowest BCUT2D eigenvalue weighted by molar-refractivity contribution is 0.406. The van der Waals surface area contributed by atoms with E-state index in [0.717, 1.165) is 35.6 Å². The zero-order valence-corrected chi connectivity index (χ0v) is 12.7. The third-order valence-electron chi connectivity index (χ3n) is 4.53. The fourth-order valence-corrected chi connectivity index (χ4v) is 3.13. The van der Waals surface area contributed by atoms with Crippen molar-refractivity contribution in [3.05, 3.63) is 11.5 Å². The number of halogens is 1. The highest BCUT2D eigenvalue weighted by Crippen LogP contribution is 2.50. The van der Waals surface area contributed by atoms with Gasteiger partial charge in [-0.15, -0.1) is 11.6 Å². The molecule has 1 saturated carbocycles. The van der Waals surface area contributed by atoms with Crippen molar-refractivity contribution in [2.75, 3.05) is 0 Å². The number of imidazole rings is 1. The van der Waals surface area contributed by atoms with Crippen molar-refractivity contribution in [3.63, 3.8) is 0 Å². The van der Waals surface area contributed by atoms with E-state index in [9.17, 15) is 0 Å². The molecule has 0 N–H and O–H groups in total. The van der Waals surface area contributed by atoms with Gasteiger partial charge >= 0.3 is 0 Å². The minimum absolute atomic E-state index is 0.470. The number of fused-ring (bicyclic) bond motifs is 1. The average molecular weight is 281 g/mol. The maximum Gasteiger partial charge on any atom is 0.158 e. The van der Waals surface area contributed by atoms with Crippen LogP contribution in [0.15, 0.2) is 0 Å². The van der Waals surface area contributed by atoms with Gasteiger partial charge in [0.1, 0.15) is 11.3 Å². The van der Waals surface area contributed by atoms with Crippen LogP contribution in [-0.2, 0) is 25.9 Å². The Morgan fingerprint density at radius 2 is 2.05 bits per heavy atom. The second-order valence-corrected chi connectivity index (χ2v) is 5.96. The van der Waals surface area contributed by atoms with Crippen molar-refractivity contribution in [3.8, 4) is 0 Å². The van der Waals surface area contributed by atoms with E-state index < -0.39 is 0 Å². The molecule has 0 unspecified atom stereocenters. The molecule has 0 amide bonds. The summed E-state index contributed by atoms with van der Waals surface area (Å²) in [5, 5.41) is 4.57. The summed E-state index contributed by atoms with van der Waals surface area (Å²) < 4.78 is 4.26. The van der Waals surface area contributed by atoms with Gasteiger partial charge in [-0.05, 0) is 31.1 Å². The fraction of sp³-hybridized carbons (Fsp3) is 0.714. The molecule has 0 bridgehead atoms. The molecule has 0 spiro atoms. The predicted octanol–water partition coefficient (Wildman–Crippen LogP) is 3.26. The summed E-state index contributed by atoms with van der Waals surface area (Å²) in [6, 6.07) is 0. The Kier molecular flexibility index (Phi) is 3.08. The number of nitrogens with zero attached hydrogens (tertiary/aromatic N) is 4. The Bertz CT molecular complexity index is 607. The zero-order chi connectivity index (χ0) is 13.6. The third-order valence-corrected chi connectivity index (χ3v) is 4.76. The first-order valence-corrected chi connectivity index (χ1v) is 7.64. The van der Waals surface area contributed by atoms with E-state index in [1.165, 1.54) is 19.3 Å². The summed E-state index contributed by atoms with van der Waals surface area (Å²) in [6.45, 7) is 5.43. The quantitative estimate of drug-likeness (QED) is 0.788. The number of aromatic nitrogens is 4. The van der Waals surface area contributed by atoms with Crippen molar-refractivity contribution in [2.24, 2.45) is 12.5 Å². The van der Waals surface area contributed by atoms with Crippen LogP contribution in [0.1, 0.15) is 44.6 Å². The van der Waals surface area contributed by atoms with Crippen LogP contribution < -0.4 is 0 Å². The van der Waals surface area contributed by atoms with E-state index in [0.29, 0.717) is 11.3 Å². The van der Waals surface area contributed by atoms with Crippen molar-refractivity contribution in [1.82, 2.24) is 19.3 Å². The van der Waals surface area contributed by atoms with Crippen LogP contribution in [0.3, 0.4) is 0 Å². The monoisotopic (exact) mass is 280 g/mol. The van der Waals surface area contributed by atoms with E-state index in [1.807, 2.05) is 11.7 Å². The molecule has 1 aliphatic carbocycles. The Morgan fingerprint density at radius 3 is 2.58 bits per heavy atom. The maximum absolute atomic E-state index is 6.09. The number of rotatable bonds is 5. The van der Waals surface area contributed by atoms with Crippen LogP contribution in [0.4, 0.5) is 0 Å². The van der Waals surface area contributed by atoms with Gasteiger partial charge in [0.15, 0.2) is 5.65 Å². The molecule has 4 nitrogen and oxygen atoms in total. The second kappa shape index (κ2) is 4.51. The van der Waals surface area contributed by atoms with Gasteiger partial charge in [-0.25, -0.2) is 4.98 Å². The molecule has 2 aromatic rings. The van der Waals surface area contributed by atoms with Crippen LogP contribution in [0.5, 0.6) is 0 Å². The molecular formula is C14H21ClN4. The SMILES string of the molecule is CCc1nn(C)c2c1nc(CCl)n2CC1(CC)CC1. The summed E-state index contributed by atoms with van der Waals surface area (Å²) in [4.78, 5) is 4.72. The first kappa shape index (κ1) is 13.0. The number of alkyl halides is 1. The van der Waals surface area contributed by atoms with Gasteiger partial charge in [-0.3, -0.25) is 4.68 Å². The van der Waals surface area contributed by atoms with E-state index in [-0.39, 0.29) is 0 Å². The third kappa shape index (κ3) is 1.97. The molecule has 2 heterocycles. The molecule has 5 heteroatoms. The van der Waals surface area contributed by atoms with Crippen molar-refractivity contribution in [2.45, 2.75) is 52.0 Å². The smallest absolute Gasteiger partial charge is 0.158 e. The van der Waals surface area contributed by atoms with E-state index in [1.54, 1.807) is 0 Å². The van der Waals surface area contributed by atoms with Crippen molar-refractivity contribution < 1.29 is 0 Å².